The highest BCUT2D eigenvalue weighted by Crippen LogP contribution is 2.24. The van der Waals surface area contributed by atoms with Gasteiger partial charge in [-0.3, -0.25) is 4.57 Å². The lowest BCUT2D eigenvalue weighted by molar-refractivity contribution is 0.101. The lowest BCUT2D eigenvalue weighted by Gasteiger charge is -2.07. The number of nitriles is 1. The molecule has 1 aromatic heterocycles. The maximum absolute atomic E-state index is 11.2. The van der Waals surface area contributed by atoms with Gasteiger partial charge >= 0.3 is 6.16 Å². The van der Waals surface area contributed by atoms with Crippen molar-refractivity contribution in [3.63, 3.8) is 0 Å². The second-order valence-corrected chi connectivity index (χ2v) is 4.34. The first-order chi connectivity index (χ1) is 11.1. The topological polar surface area (TPSA) is 107 Å². The Bertz CT molecular complexity index is 703. The average molecular weight is 317 g/mol. The van der Waals surface area contributed by atoms with Crippen molar-refractivity contribution in [2.75, 3.05) is 13.2 Å². The van der Waals surface area contributed by atoms with Crippen LogP contribution in [-0.2, 0) is 11.3 Å². The lowest BCUT2D eigenvalue weighted by Crippen LogP contribution is -2.10. The maximum atomic E-state index is 11.2. The van der Waals surface area contributed by atoms with Crippen molar-refractivity contribution in [2.45, 2.75) is 13.5 Å². The minimum absolute atomic E-state index is 0.165. The molecule has 0 radical (unpaired) electrons. The zero-order valence-electron chi connectivity index (χ0n) is 12.4. The molecule has 0 unspecified atom stereocenters. The van der Waals surface area contributed by atoms with Crippen molar-refractivity contribution >= 4 is 6.16 Å². The van der Waals surface area contributed by atoms with Gasteiger partial charge in [0.25, 0.3) is 11.8 Å². The van der Waals surface area contributed by atoms with Crippen LogP contribution < -0.4 is 9.47 Å². The number of carbonyl (C=O) groups excluding carboxylic acids is 1. The van der Waals surface area contributed by atoms with Crippen molar-refractivity contribution in [3.05, 3.63) is 36.2 Å². The summed E-state index contributed by atoms with van der Waals surface area (Å²) in [6.07, 6.45) is 0.397. The molecule has 0 atom stereocenters. The number of aromatic hydroxyl groups is 1. The van der Waals surface area contributed by atoms with Gasteiger partial charge in [-0.15, -0.1) is 0 Å². The fourth-order valence-electron chi connectivity index (χ4n) is 1.71. The van der Waals surface area contributed by atoms with Gasteiger partial charge in [-0.2, -0.15) is 10.2 Å². The second kappa shape index (κ2) is 7.70. The molecule has 1 heterocycles. The molecule has 0 aliphatic heterocycles. The largest absolute Gasteiger partial charge is 0.515 e. The summed E-state index contributed by atoms with van der Waals surface area (Å²) in [5.74, 6) is 0.0925. The molecule has 8 heteroatoms. The van der Waals surface area contributed by atoms with E-state index >= 15 is 0 Å². The highest BCUT2D eigenvalue weighted by Gasteiger charge is 2.15. The summed E-state index contributed by atoms with van der Waals surface area (Å²) < 4.78 is 16.2. The fourth-order valence-corrected chi connectivity index (χ4v) is 1.71. The van der Waals surface area contributed by atoms with Gasteiger partial charge in [0.1, 0.15) is 18.7 Å². The Labute approximate surface area is 132 Å². The molecule has 23 heavy (non-hydrogen) atoms. The molecule has 0 bridgehead atoms. The summed E-state index contributed by atoms with van der Waals surface area (Å²) in [5.41, 5.74) is 0.547. The standard InChI is InChI=1S/C15H15N3O5/c1-2-21-15(20)23-13-14(19)18(10-17-13)7-8-22-12-5-3-11(9-16)4-6-12/h3-6,10,19H,2,7-8H2,1H3. The molecule has 0 aliphatic carbocycles. The van der Waals surface area contributed by atoms with E-state index in [1.165, 1.54) is 10.9 Å². The van der Waals surface area contributed by atoms with Gasteiger partial charge in [0.05, 0.1) is 24.8 Å². The lowest BCUT2D eigenvalue weighted by atomic mass is 10.2. The van der Waals surface area contributed by atoms with Crippen LogP contribution in [0.15, 0.2) is 30.6 Å². The first-order valence-electron chi connectivity index (χ1n) is 6.85. The molecule has 0 saturated carbocycles. The third-order valence-corrected chi connectivity index (χ3v) is 2.80. The quantitative estimate of drug-likeness (QED) is 0.813. The number of benzene rings is 1. The van der Waals surface area contributed by atoms with E-state index in [0.717, 1.165) is 0 Å². The van der Waals surface area contributed by atoms with Crippen LogP contribution >= 0.6 is 0 Å². The maximum Gasteiger partial charge on any atom is 0.515 e. The minimum Gasteiger partial charge on any atom is -0.492 e. The van der Waals surface area contributed by atoms with E-state index in [1.54, 1.807) is 31.2 Å². The van der Waals surface area contributed by atoms with Crippen molar-refractivity contribution in [1.29, 1.82) is 5.26 Å². The van der Waals surface area contributed by atoms with Gasteiger partial charge in [0.2, 0.25) is 0 Å². The normalized spacial score (nSPS) is 9.91. The summed E-state index contributed by atoms with van der Waals surface area (Å²) in [4.78, 5) is 15.0. The van der Waals surface area contributed by atoms with E-state index in [9.17, 15) is 9.90 Å². The van der Waals surface area contributed by atoms with Crippen LogP contribution in [0, 0.1) is 11.3 Å². The number of rotatable bonds is 6. The number of hydrogen-bond donors (Lipinski definition) is 1. The number of carbonyl (C=O) groups is 1. The third-order valence-electron chi connectivity index (χ3n) is 2.80. The summed E-state index contributed by atoms with van der Waals surface area (Å²) in [5, 5.41) is 18.6. The molecule has 8 nitrogen and oxygen atoms in total. The van der Waals surface area contributed by atoms with Gasteiger partial charge in [-0.25, -0.2) is 4.79 Å². The summed E-state index contributed by atoms with van der Waals surface area (Å²) in [7, 11) is 0. The first-order valence-corrected chi connectivity index (χ1v) is 6.85. The number of hydrogen-bond acceptors (Lipinski definition) is 7. The molecular formula is C15H15N3O5. The molecular weight excluding hydrogens is 302 g/mol. The smallest absolute Gasteiger partial charge is 0.492 e. The minimum atomic E-state index is -0.929. The zero-order valence-corrected chi connectivity index (χ0v) is 12.4. The van der Waals surface area contributed by atoms with Gasteiger partial charge in [-0.05, 0) is 31.2 Å². The van der Waals surface area contributed by atoms with Crippen LogP contribution in [0.2, 0.25) is 0 Å². The molecule has 2 rings (SSSR count). The predicted octanol–water partition coefficient (Wildman–Crippen LogP) is 2.07. The molecule has 1 N–H and O–H groups in total. The summed E-state index contributed by atoms with van der Waals surface area (Å²) in [6, 6.07) is 8.68. The first kappa shape index (κ1) is 16.2. The zero-order chi connectivity index (χ0) is 16.7. The van der Waals surface area contributed by atoms with Gasteiger partial charge in [-0.1, -0.05) is 0 Å². The van der Waals surface area contributed by atoms with E-state index in [-0.39, 0.29) is 25.0 Å². The van der Waals surface area contributed by atoms with Crippen LogP contribution in [0.1, 0.15) is 12.5 Å². The fraction of sp³-hybridized carbons (Fsp3) is 0.267. The van der Waals surface area contributed by atoms with Crippen LogP contribution in [0.3, 0.4) is 0 Å². The van der Waals surface area contributed by atoms with E-state index in [2.05, 4.69) is 9.72 Å². The molecule has 0 spiro atoms. The highest BCUT2D eigenvalue weighted by atomic mass is 16.7. The average Bonchev–Trinajstić information content (AvgIpc) is 2.89. The summed E-state index contributed by atoms with van der Waals surface area (Å²) in [6.45, 7) is 2.36. The number of ether oxygens (including phenoxy) is 3. The van der Waals surface area contributed by atoms with Crippen LogP contribution in [0.25, 0.3) is 0 Å². The van der Waals surface area contributed by atoms with Crippen molar-refractivity contribution in [1.82, 2.24) is 9.55 Å². The van der Waals surface area contributed by atoms with Gasteiger partial charge in [0, 0.05) is 0 Å². The van der Waals surface area contributed by atoms with Crippen molar-refractivity contribution in [3.8, 4) is 23.6 Å². The Hall–Kier alpha value is -3.21. The SMILES string of the molecule is CCOC(=O)Oc1ncn(CCOc2ccc(C#N)cc2)c1O. The number of imidazole rings is 1. The van der Waals surface area contributed by atoms with E-state index < -0.39 is 6.16 Å². The predicted molar refractivity (Wildman–Crippen MR) is 78.2 cm³/mol. The number of aromatic nitrogens is 2. The van der Waals surface area contributed by atoms with E-state index in [4.69, 9.17) is 14.7 Å². The van der Waals surface area contributed by atoms with E-state index in [1.807, 2.05) is 6.07 Å². The number of nitrogens with zero attached hydrogens (tertiary/aromatic N) is 3. The van der Waals surface area contributed by atoms with Crippen LogP contribution in [0.4, 0.5) is 4.79 Å². The Balaban J connectivity index is 1.87. The Kier molecular flexibility index (Phi) is 5.41. The second-order valence-electron chi connectivity index (χ2n) is 4.34. The molecule has 0 saturated heterocycles. The Morgan fingerprint density at radius 3 is 2.78 bits per heavy atom. The van der Waals surface area contributed by atoms with Gasteiger partial charge < -0.3 is 19.3 Å². The monoisotopic (exact) mass is 317 g/mol. The Morgan fingerprint density at radius 2 is 2.13 bits per heavy atom. The van der Waals surface area contributed by atoms with Crippen LogP contribution in [-0.4, -0.2) is 34.0 Å². The molecule has 2 aromatic rings. The highest BCUT2D eigenvalue weighted by molar-refractivity contribution is 5.63. The molecule has 1 aromatic carbocycles. The van der Waals surface area contributed by atoms with E-state index in [0.29, 0.717) is 17.9 Å². The molecule has 0 fully saturated rings. The molecule has 0 amide bonds. The van der Waals surface area contributed by atoms with Gasteiger partial charge in [0.15, 0.2) is 0 Å². The third kappa shape index (κ3) is 4.38. The van der Waals surface area contributed by atoms with Crippen molar-refractivity contribution < 1.29 is 24.1 Å². The van der Waals surface area contributed by atoms with Crippen molar-refractivity contribution in [2.24, 2.45) is 0 Å². The Morgan fingerprint density at radius 1 is 1.39 bits per heavy atom. The molecule has 0 aliphatic rings. The summed E-state index contributed by atoms with van der Waals surface area (Å²) >= 11 is 0. The van der Waals surface area contributed by atoms with Crippen LogP contribution in [0.5, 0.6) is 17.5 Å². The molecule has 120 valence electrons.